The van der Waals surface area contributed by atoms with Crippen LogP contribution in [0, 0.1) is 0 Å². The number of phenols is 1. The molecule has 1 aromatic heterocycles. The highest BCUT2D eigenvalue weighted by Gasteiger charge is 2.10. The molecule has 18 heavy (non-hydrogen) atoms. The molecule has 0 aliphatic carbocycles. The highest BCUT2D eigenvalue weighted by atomic mass is 32.1. The van der Waals surface area contributed by atoms with Crippen molar-refractivity contribution in [2.45, 2.75) is 19.4 Å². The lowest BCUT2D eigenvalue weighted by Crippen LogP contribution is -2.27. The van der Waals surface area contributed by atoms with Crippen LogP contribution in [0.15, 0.2) is 41.8 Å². The Bertz CT molecular complexity index is 505. The van der Waals surface area contributed by atoms with Crippen molar-refractivity contribution in [3.8, 4) is 5.75 Å². The smallest absolute Gasteiger partial charge is 0.225 e. The van der Waals surface area contributed by atoms with Gasteiger partial charge in [0.1, 0.15) is 5.75 Å². The summed E-state index contributed by atoms with van der Waals surface area (Å²) < 4.78 is 0. The first-order valence-corrected chi connectivity index (χ1v) is 6.64. The minimum Gasteiger partial charge on any atom is -0.508 e. The van der Waals surface area contributed by atoms with Crippen molar-refractivity contribution in [1.82, 2.24) is 5.32 Å². The Hall–Kier alpha value is -1.81. The van der Waals surface area contributed by atoms with Crippen LogP contribution in [0.3, 0.4) is 0 Å². The van der Waals surface area contributed by atoms with Crippen LogP contribution in [0.25, 0.3) is 0 Å². The molecule has 0 aliphatic rings. The Labute approximate surface area is 110 Å². The maximum atomic E-state index is 11.8. The Kier molecular flexibility index (Phi) is 3.99. The predicted octanol–water partition coefficient (Wildman–Crippen LogP) is 2.87. The molecule has 1 aromatic carbocycles. The van der Waals surface area contributed by atoms with E-state index in [0.717, 1.165) is 10.4 Å². The highest BCUT2D eigenvalue weighted by molar-refractivity contribution is 7.10. The molecule has 0 radical (unpaired) electrons. The first-order valence-electron chi connectivity index (χ1n) is 5.76. The lowest BCUT2D eigenvalue weighted by Gasteiger charge is -2.14. The van der Waals surface area contributed by atoms with Crippen LogP contribution in [-0.4, -0.2) is 11.0 Å². The average Bonchev–Trinajstić information content (AvgIpc) is 2.82. The molecule has 4 heteroatoms. The Morgan fingerprint density at radius 1 is 1.33 bits per heavy atom. The van der Waals surface area contributed by atoms with E-state index < -0.39 is 0 Å². The monoisotopic (exact) mass is 261 g/mol. The third-order valence-electron chi connectivity index (χ3n) is 2.69. The second-order valence-electron chi connectivity index (χ2n) is 4.14. The van der Waals surface area contributed by atoms with E-state index in [2.05, 4.69) is 5.32 Å². The summed E-state index contributed by atoms with van der Waals surface area (Å²) in [7, 11) is 0. The molecule has 1 atom stereocenters. The van der Waals surface area contributed by atoms with Gasteiger partial charge in [-0.1, -0.05) is 18.2 Å². The molecule has 3 nitrogen and oxygen atoms in total. The van der Waals surface area contributed by atoms with Crippen LogP contribution in [0.4, 0.5) is 0 Å². The minimum absolute atomic E-state index is 0.0121. The van der Waals surface area contributed by atoms with E-state index in [1.807, 2.05) is 36.6 Å². The number of carbonyl (C=O) groups is 1. The van der Waals surface area contributed by atoms with Gasteiger partial charge < -0.3 is 10.4 Å². The molecule has 0 saturated heterocycles. The van der Waals surface area contributed by atoms with E-state index in [0.29, 0.717) is 6.42 Å². The standard InChI is InChI=1S/C14H15NO2S/c1-10(11-4-6-12(16)7-5-11)15-14(17)9-13-3-2-8-18-13/h2-8,10,16H,9H2,1H3,(H,15,17)/t10-/m1/s1. The van der Waals surface area contributed by atoms with Crippen LogP contribution >= 0.6 is 11.3 Å². The fraction of sp³-hybridized carbons (Fsp3) is 0.214. The van der Waals surface area contributed by atoms with E-state index in [1.54, 1.807) is 23.5 Å². The zero-order chi connectivity index (χ0) is 13.0. The third kappa shape index (κ3) is 3.34. The Morgan fingerprint density at radius 3 is 2.67 bits per heavy atom. The van der Waals surface area contributed by atoms with Gasteiger partial charge in [0.15, 0.2) is 0 Å². The molecule has 2 N–H and O–H groups in total. The van der Waals surface area contributed by atoms with E-state index >= 15 is 0 Å². The average molecular weight is 261 g/mol. The first kappa shape index (κ1) is 12.6. The SMILES string of the molecule is C[C@@H](NC(=O)Cc1cccs1)c1ccc(O)cc1. The summed E-state index contributed by atoms with van der Waals surface area (Å²) >= 11 is 1.58. The molecule has 2 aromatic rings. The quantitative estimate of drug-likeness (QED) is 0.889. The van der Waals surface area contributed by atoms with Gasteiger partial charge in [-0.3, -0.25) is 4.79 Å². The van der Waals surface area contributed by atoms with Crippen molar-refractivity contribution in [1.29, 1.82) is 0 Å². The summed E-state index contributed by atoms with van der Waals surface area (Å²) in [6, 6.07) is 10.7. The summed E-state index contributed by atoms with van der Waals surface area (Å²) in [5, 5.41) is 14.1. The molecule has 0 unspecified atom stereocenters. The molecule has 0 fully saturated rings. The molecule has 0 saturated carbocycles. The molecule has 1 heterocycles. The summed E-state index contributed by atoms with van der Waals surface area (Å²) in [4.78, 5) is 12.9. The van der Waals surface area contributed by atoms with Gasteiger partial charge >= 0.3 is 0 Å². The Morgan fingerprint density at radius 2 is 2.06 bits per heavy atom. The maximum Gasteiger partial charge on any atom is 0.225 e. The lowest BCUT2D eigenvalue weighted by atomic mass is 10.1. The van der Waals surface area contributed by atoms with Crippen LogP contribution in [0.2, 0.25) is 0 Å². The van der Waals surface area contributed by atoms with Gasteiger partial charge in [-0.25, -0.2) is 0 Å². The number of nitrogens with one attached hydrogen (secondary N) is 1. The van der Waals surface area contributed by atoms with Gasteiger partial charge in [0, 0.05) is 4.88 Å². The molecule has 0 aliphatic heterocycles. The molecular formula is C14H15NO2S. The number of amides is 1. The highest BCUT2D eigenvalue weighted by Crippen LogP contribution is 2.17. The Balaban J connectivity index is 1.92. The van der Waals surface area contributed by atoms with E-state index in [9.17, 15) is 9.90 Å². The zero-order valence-electron chi connectivity index (χ0n) is 10.1. The van der Waals surface area contributed by atoms with Gasteiger partial charge in [0.2, 0.25) is 5.91 Å². The summed E-state index contributed by atoms with van der Waals surface area (Å²) in [6.07, 6.45) is 0.417. The first-order chi connectivity index (χ1) is 8.65. The molecular weight excluding hydrogens is 246 g/mol. The number of thiophene rings is 1. The summed E-state index contributed by atoms with van der Waals surface area (Å²) in [5.74, 6) is 0.244. The topological polar surface area (TPSA) is 49.3 Å². The normalized spacial score (nSPS) is 12.1. The van der Waals surface area contributed by atoms with Crippen LogP contribution in [0.1, 0.15) is 23.4 Å². The second-order valence-corrected chi connectivity index (χ2v) is 5.17. The summed E-state index contributed by atoms with van der Waals surface area (Å²) in [5.41, 5.74) is 0.979. The van der Waals surface area contributed by atoms with E-state index in [-0.39, 0.29) is 17.7 Å². The van der Waals surface area contributed by atoms with Crippen molar-refractivity contribution in [2.75, 3.05) is 0 Å². The zero-order valence-corrected chi connectivity index (χ0v) is 10.9. The number of rotatable bonds is 4. The molecule has 0 spiro atoms. The van der Waals surface area contributed by atoms with Crippen molar-refractivity contribution in [2.24, 2.45) is 0 Å². The minimum atomic E-state index is -0.0573. The van der Waals surface area contributed by atoms with E-state index in [1.165, 1.54) is 0 Å². The fourth-order valence-electron chi connectivity index (χ4n) is 1.71. The molecule has 94 valence electrons. The van der Waals surface area contributed by atoms with Gasteiger partial charge in [-0.2, -0.15) is 0 Å². The largest absolute Gasteiger partial charge is 0.508 e. The van der Waals surface area contributed by atoms with Gasteiger partial charge in [-0.15, -0.1) is 11.3 Å². The molecule has 2 rings (SSSR count). The maximum absolute atomic E-state index is 11.8. The molecule has 0 bridgehead atoms. The van der Waals surface area contributed by atoms with Crippen molar-refractivity contribution < 1.29 is 9.90 Å². The van der Waals surface area contributed by atoms with Gasteiger partial charge in [0.05, 0.1) is 12.5 Å². The van der Waals surface area contributed by atoms with Crippen molar-refractivity contribution >= 4 is 17.2 Å². The van der Waals surface area contributed by atoms with Crippen molar-refractivity contribution in [3.05, 3.63) is 52.2 Å². The second kappa shape index (κ2) is 5.69. The third-order valence-corrected chi connectivity index (χ3v) is 3.56. The van der Waals surface area contributed by atoms with Crippen molar-refractivity contribution in [3.63, 3.8) is 0 Å². The molecule has 1 amide bonds. The number of carbonyl (C=O) groups excluding carboxylic acids is 1. The van der Waals surface area contributed by atoms with Gasteiger partial charge in [-0.05, 0) is 36.1 Å². The number of hydrogen-bond donors (Lipinski definition) is 2. The fourth-order valence-corrected chi connectivity index (χ4v) is 2.41. The number of phenolic OH excluding ortho intramolecular Hbond substituents is 1. The number of benzene rings is 1. The predicted molar refractivity (Wildman–Crippen MR) is 72.7 cm³/mol. The number of aromatic hydroxyl groups is 1. The van der Waals surface area contributed by atoms with Crippen LogP contribution < -0.4 is 5.32 Å². The van der Waals surface area contributed by atoms with Crippen LogP contribution in [-0.2, 0) is 11.2 Å². The lowest BCUT2D eigenvalue weighted by molar-refractivity contribution is -0.121. The van der Waals surface area contributed by atoms with Gasteiger partial charge in [0.25, 0.3) is 0 Å². The van der Waals surface area contributed by atoms with E-state index in [4.69, 9.17) is 0 Å². The van der Waals surface area contributed by atoms with Crippen LogP contribution in [0.5, 0.6) is 5.75 Å². The summed E-state index contributed by atoms with van der Waals surface area (Å²) in [6.45, 7) is 1.93. The number of hydrogen-bond acceptors (Lipinski definition) is 3.